The Morgan fingerprint density at radius 3 is 1.35 bits per heavy atom. The summed E-state index contributed by atoms with van der Waals surface area (Å²) in [6.07, 6.45) is 0. The molecule has 0 amide bonds. The highest BCUT2D eigenvalue weighted by Gasteiger charge is 2.52. The highest BCUT2D eigenvalue weighted by molar-refractivity contribution is 7.22. The topological polar surface area (TPSA) is 11.4 Å². The number of fused-ring (bicyclic) bond motifs is 4. The molecule has 0 spiro atoms. The highest BCUT2D eigenvalue weighted by atomic mass is 28.3. The molecule has 1 aliphatic rings. The summed E-state index contributed by atoms with van der Waals surface area (Å²) in [6, 6.07) is 118. The second kappa shape index (κ2) is 19.9. The van der Waals surface area contributed by atoms with Gasteiger partial charge in [0.2, 0.25) is 0 Å². The van der Waals surface area contributed by atoms with Crippen molar-refractivity contribution in [1.29, 1.82) is 0 Å². The van der Waals surface area contributed by atoms with Gasteiger partial charge in [-0.1, -0.05) is 249 Å². The predicted molar refractivity (Wildman–Crippen MR) is 332 cm³/mol. The van der Waals surface area contributed by atoms with Crippen molar-refractivity contribution in [1.82, 2.24) is 4.57 Å². The van der Waals surface area contributed by atoms with E-state index in [4.69, 9.17) is 0 Å². The van der Waals surface area contributed by atoms with Crippen molar-refractivity contribution < 1.29 is 0 Å². The molecule has 1 aliphatic heterocycles. The van der Waals surface area contributed by atoms with Gasteiger partial charge >= 0.3 is 0 Å². The van der Waals surface area contributed by atoms with E-state index in [9.17, 15) is 0 Å². The molecule has 13 aromatic rings. The van der Waals surface area contributed by atoms with E-state index in [1.54, 1.807) is 0 Å². The van der Waals surface area contributed by atoms with Gasteiger partial charge in [0.15, 0.2) is 8.07 Å². The molecule has 4 heteroatoms. The first-order valence-corrected chi connectivity index (χ1v) is 28.8. The highest BCUT2D eigenvalue weighted by Crippen LogP contribution is 2.45. The Bertz CT molecular complexity index is 4180. The molecule has 2 heterocycles. The molecule has 0 saturated heterocycles. The summed E-state index contributed by atoms with van der Waals surface area (Å²) in [4.78, 5) is 4.90. The van der Waals surface area contributed by atoms with Gasteiger partial charge in [0.1, 0.15) is 5.82 Å². The van der Waals surface area contributed by atoms with Crippen molar-refractivity contribution >= 4 is 74.0 Å². The summed E-state index contributed by atoms with van der Waals surface area (Å²) >= 11 is 0. The number of aromatic nitrogens is 1. The van der Waals surface area contributed by atoms with Gasteiger partial charge in [0, 0.05) is 44.7 Å². The Labute approximate surface area is 457 Å². The average Bonchev–Trinajstić information content (AvgIpc) is 4.06. The maximum atomic E-state index is 2.55. The molecule has 0 saturated carbocycles. The number of para-hydroxylation sites is 4. The molecule has 0 aliphatic carbocycles. The quantitative estimate of drug-likeness (QED) is 0.120. The van der Waals surface area contributed by atoms with E-state index in [0.717, 1.165) is 50.7 Å². The summed E-state index contributed by atoms with van der Waals surface area (Å²) in [6.45, 7) is 0. The fraction of sp³-hybridized carbons (Fsp3) is 0. The zero-order chi connectivity index (χ0) is 51.8. The second-order valence-electron chi connectivity index (χ2n) is 20.0. The minimum Gasteiger partial charge on any atom is -0.310 e. The minimum atomic E-state index is -3.07. The largest absolute Gasteiger partial charge is 0.310 e. The summed E-state index contributed by atoms with van der Waals surface area (Å²) < 4.78 is 2.52. The molecule has 3 nitrogen and oxygen atoms in total. The van der Waals surface area contributed by atoms with Crippen molar-refractivity contribution in [3.05, 3.63) is 322 Å². The lowest BCUT2D eigenvalue weighted by Crippen LogP contribution is -2.77. The number of rotatable bonds is 11. The molecule has 14 rings (SSSR count). The van der Waals surface area contributed by atoms with Gasteiger partial charge in [-0.3, -0.25) is 9.47 Å². The number of hydrogen-bond donors (Lipinski definition) is 0. The van der Waals surface area contributed by atoms with Crippen LogP contribution in [0, 0.1) is 0 Å². The summed E-state index contributed by atoms with van der Waals surface area (Å²) in [5.41, 5.74) is 17.4. The summed E-state index contributed by atoms with van der Waals surface area (Å²) in [7, 11) is -3.07. The van der Waals surface area contributed by atoms with Crippen LogP contribution in [0.3, 0.4) is 0 Å². The molecule has 12 aromatic carbocycles. The maximum absolute atomic E-state index is 3.07. The van der Waals surface area contributed by atoms with Gasteiger partial charge in [-0.15, -0.1) is 0 Å². The van der Waals surface area contributed by atoms with E-state index in [2.05, 4.69) is 336 Å². The van der Waals surface area contributed by atoms with Gasteiger partial charge in [-0.2, -0.15) is 0 Å². The molecule has 368 valence electrons. The zero-order valence-corrected chi connectivity index (χ0v) is 43.9. The van der Waals surface area contributed by atoms with Crippen LogP contribution in [0.5, 0.6) is 0 Å². The summed E-state index contributed by atoms with van der Waals surface area (Å²) in [5.74, 6) is 1.18. The number of anilines is 6. The Balaban J connectivity index is 0.889. The summed E-state index contributed by atoms with van der Waals surface area (Å²) in [5, 5.41) is 6.74. The first-order chi connectivity index (χ1) is 38.7. The SMILES string of the molecule is c1ccc(-c2ccccc2-c2ccc(N(c3ccccc3)c3cccc(-c4ccc(-c5ccc6c(c5)N(c5ccccc5)c5c(c7ccccc7n5-c5ccccc5)[Si]6(c5ccccc5)c5ccccc5)cc4)c3)cc2)cc1. The Morgan fingerprint density at radius 2 is 0.731 bits per heavy atom. The number of hydrogen-bond acceptors (Lipinski definition) is 2. The molecule has 0 radical (unpaired) electrons. The molecule has 0 fully saturated rings. The Hall–Kier alpha value is -10.0. The lowest BCUT2D eigenvalue weighted by atomic mass is 9.94. The van der Waals surface area contributed by atoms with Gasteiger partial charge in [0.25, 0.3) is 0 Å². The standard InChI is InChI=1S/C74H53N3Si/c1-7-24-56(25-8-1)67-38-19-20-39-68(67)57-46-49-63(50-47-57)75(60-27-9-2-10-28-60)64-33-23-26-58(52-64)54-42-44-55(45-43-54)59-48-51-72-71(53-59)77(62-31-13-4-14-32-62)74-73(69-40-21-22-41-70(69)76(74)61-29-11-3-12-30-61)78(72,65-34-15-5-16-35-65)66-36-17-6-18-37-66/h1-53H. The van der Waals surface area contributed by atoms with Crippen molar-refractivity contribution in [3.8, 4) is 50.2 Å². The van der Waals surface area contributed by atoms with Crippen LogP contribution in [0.1, 0.15) is 0 Å². The molecular formula is C74H53N3Si. The van der Waals surface area contributed by atoms with E-state index in [-0.39, 0.29) is 0 Å². The fourth-order valence-corrected chi connectivity index (χ4v) is 17.5. The molecule has 0 N–H and O–H groups in total. The Morgan fingerprint density at radius 1 is 0.295 bits per heavy atom. The molecule has 78 heavy (non-hydrogen) atoms. The smallest absolute Gasteiger partial charge is 0.186 e. The van der Waals surface area contributed by atoms with E-state index in [0.29, 0.717) is 0 Å². The van der Waals surface area contributed by atoms with E-state index in [1.807, 2.05) is 0 Å². The van der Waals surface area contributed by atoms with Gasteiger partial charge in [-0.25, -0.2) is 0 Å². The third kappa shape index (κ3) is 7.97. The van der Waals surface area contributed by atoms with Crippen molar-refractivity contribution in [2.45, 2.75) is 0 Å². The van der Waals surface area contributed by atoms with E-state index >= 15 is 0 Å². The monoisotopic (exact) mass is 1010 g/mol. The molecule has 0 atom stereocenters. The van der Waals surface area contributed by atoms with Crippen LogP contribution in [0.15, 0.2) is 322 Å². The second-order valence-corrected chi connectivity index (χ2v) is 23.7. The lowest BCUT2D eigenvalue weighted by molar-refractivity contribution is 1.08. The Kier molecular flexibility index (Phi) is 11.9. The fourth-order valence-electron chi connectivity index (χ4n) is 12.2. The lowest BCUT2D eigenvalue weighted by Gasteiger charge is -2.44. The van der Waals surface area contributed by atoms with Crippen LogP contribution < -0.4 is 30.5 Å². The molecular weight excluding hydrogens is 959 g/mol. The number of benzene rings is 12. The zero-order valence-electron chi connectivity index (χ0n) is 42.9. The third-order valence-electron chi connectivity index (χ3n) is 15.6. The molecule has 1 aromatic heterocycles. The first-order valence-electron chi connectivity index (χ1n) is 26.8. The van der Waals surface area contributed by atoms with Crippen LogP contribution in [0.25, 0.3) is 61.1 Å². The van der Waals surface area contributed by atoms with Crippen LogP contribution in [0.2, 0.25) is 0 Å². The van der Waals surface area contributed by atoms with Gasteiger partial charge < -0.3 is 4.90 Å². The van der Waals surface area contributed by atoms with Crippen LogP contribution in [0.4, 0.5) is 34.3 Å². The van der Waals surface area contributed by atoms with E-state index in [1.165, 1.54) is 65.4 Å². The number of nitrogens with zero attached hydrogens (tertiary/aromatic N) is 3. The average molecular weight is 1010 g/mol. The van der Waals surface area contributed by atoms with Crippen molar-refractivity contribution in [2.75, 3.05) is 9.80 Å². The van der Waals surface area contributed by atoms with Crippen molar-refractivity contribution in [3.63, 3.8) is 0 Å². The normalized spacial score (nSPS) is 12.4. The van der Waals surface area contributed by atoms with Crippen LogP contribution >= 0.6 is 0 Å². The van der Waals surface area contributed by atoms with Gasteiger partial charge in [-0.05, 0) is 133 Å². The van der Waals surface area contributed by atoms with Gasteiger partial charge in [0.05, 0.1) is 5.52 Å². The van der Waals surface area contributed by atoms with Crippen LogP contribution in [-0.4, -0.2) is 12.6 Å². The molecule has 0 unspecified atom stereocenters. The van der Waals surface area contributed by atoms with Crippen molar-refractivity contribution in [2.24, 2.45) is 0 Å². The third-order valence-corrected chi connectivity index (χ3v) is 20.5. The van der Waals surface area contributed by atoms with E-state index < -0.39 is 8.07 Å². The molecule has 0 bridgehead atoms. The first kappa shape index (κ1) is 46.5. The predicted octanol–water partition coefficient (Wildman–Crippen LogP) is 16.9. The van der Waals surface area contributed by atoms with Crippen LogP contribution in [-0.2, 0) is 0 Å². The maximum Gasteiger partial charge on any atom is 0.186 e. The minimum absolute atomic E-state index is 1.09.